The first-order valence-electron chi connectivity index (χ1n) is 11.7. The summed E-state index contributed by atoms with van der Waals surface area (Å²) in [6.45, 7) is 7.36. The van der Waals surface area contributed by atoms with E-state index < -0.39 is 0 Å². The summed E-state index contributed by atoms with van der Waals surface area (Å²) in [5.41, 5.74) is 2.73. The number of nitrogens with zero attached hydrogens (tertiary/aromatic N) is 1. The van der Waals surface area contributed by atoms with Gasteiger partial charge in [0.25, 0.3) is 0 Å². The van der Waals surface area contributed by atoms with Crippen molar-refractivity contribution in [2.24, 2.45) is 40.2 Å². The van der Waals surface area contributed by atoms with Crippen molar-refractivity contribution in [2.45, 2.75) is 91.4 Å². The standard InChI is InChI=1S/C24H41NO2/c1-4-7-12-24(6-3)13-11-20-19-10-9-18(25-27)15-21(19)17(16-26)14-22(20)23(24)8-5-2/h15,17,19-20,22-23,26-27H,4-14,16H2,1-3H3/b25-18+. The Morgan fingerprint density at radius 3 is 2.59 bits per heavy atom. The molecule has 3 rings (SSSR count). The van der Waals surface area contributed by atoms with Gasteiger partial charge >= 0.3 is 0 Å². The van der Waals surface area contributed by atoms with Gasteiger partial charge in [0.2, 0.25) is 0 Å². The second-order valence-corrected chi connectivity index (χ2v) is 9.58. The monoisotopic (exact) mass is 375 g/mol. The van der Waals surface area contributed by atoms with E-state index in [1.807, 2.05) is 0 Å². The normalized spacial score (nSPS) is 40.4. The molecule has 3 aliphatic carbocycles. The van der Waals surface area contributed by atoms with E-state index in [0.29, 0.717) is 11.3 Å². The van der Waals surface area contributed by atoms with Gasteiger partial charge in [-0.3, -0.25) is 0 Å². The molecule has 2 N–H and O–H groups in total. The molecule has 3 aliphatic rings. The van der Waals surface area contributed by atoms with Gasteiger partial charge in [0.1, 0.15) is 0 Å². The van der Waals surface area contributed by atoms with Crippen LogP contribution in [0.2, 0.25) is 0 Å². The molecule has 0 saturated heterocycles. The molecule has 3 nitrogen and oxygen atoms in total. The van der Waals surface area contributed by atoms with Crippen LogP contribution in [-0.4, -0.2) is 22.6 Å². The van der Waals surface area contributed by atoms with E-state index >= 15 is 0 Å². The SMILES string of the molecule is CCCCC1(CC)CCC2C3CC/C(=N\O)C=C3C(CO)CC2C1CCC. The van der Waals surface area contributed by atoms with Gasteiger partial charge in [-0.05, 0) is 80.1 Å². The molecule has 2 saturated carbocycles. The third kappa shape index (κ3) is 3.86. The van der Waals surface area contributed by atoms with Gasteiger partial charge in [-0.2, -0.15) is 0 Å². The van der Waals surface area contributed by atoms with Crippen LogP contribution in [0.4, 0.5) is 0 Å². The molecule has 0 bridgehead atoms. The molecule has 0 aliphatic heterocycles. The Hall–Kier alpha value is -0.830. The highest BCUT2D eigenvalue weighted by molar-refractivity contribution is 5.96. The largest absolute Gasteiger partial charge is 0.411 e. The fourth-order valence-corrected chi connectivity index (χ4v) is 7.18. The maximum absolute atomic E-state index is 10.2. The topological polar surface area (TPSA) is 52.8 Å². The predicted molar refractivity (Wildman–Crippen MR) is 112 cm³/mol. The molecule has 6 unspecified atom stereocenters. The maximum Gasteiger partial charge on any atom is 0.0795 e. The second kappa shape index (κ2) is 9.11. The number of fused-ring (bicyclic) bond motifs is 3. The predicted octanol–water partition coefficient (Wildman–Crippen LogP) is 6.19. The number of aliphatic hydroxyl groups excluding tert-OH is 1. The van der Waals surface area contributed by atoms with Gasteiger partial charge in [-0.25, -0.2) is 0 Å². The Morgan fingerprint density at radius 1 is 1.15 bits per heavy atom. The van der Waals surface area contributed by atoms with Crippen LogP contribution >= 0.6 is 0 Å². The van der Waals surface area contributed by atoms with Crippen molar-refractivity contribution in [3.05, 3.63) is 11.6 Å². The third-order valence-electron chi connectivity index (χ3n) is 8.53. The fraction of sp³-hybridized carbons (Fsp3) is 0.875. The van der Waals surface area contributed by atoms with Gasteiger partial charge in [-0.15, -0.1) is 0 Å². The van der Waals surface area contributed by atoms with Crippen molar-refractivity contribution in [3.8, 4) is 0 Å². The van der Waals surface area contributed by atoms with E-state index in [1.54, 1.807) is 0 Å². The molecule has 0 aromatic rings. The van der Waals surface area contributed by atoms with Crippen LogP contribution < -0.4 is 0 Å². The molecular weight excluding hydrogens is 334 g/mol. The zero-order valence-electron chi connectivity index (χ0n) is 17.8. The minimum atomic E-state index is 0.247. The highest BCUT2D eigenvalue weighted by atomic mass is 16.4. The Morgan fingerprint density at radius 2 is 1.96 bits per heavy atom. The molecule has 154 valence electrons. The van der Waals surface area contributed by atoms with E-state index in [0.717, 1.165) is 42.7 Å². The summed E-state index contributed by atoms with van der Waals surface area (Å²) in [5.74, 6) is 3.24. The molecule has 0 radical (unpaired) electrons. The zero-order chi connectivity index (χ0) is 19.4. The molecule has 0 aromatic heterocycles. The summed E-state index contributed by atoms with van der Waals surface area (Å²) in [4.78, 5) is 0. The number of oxime groups is 1. The van der Waals surface area contributed by atoms with E-state index in [9.17, 15) is 10.3 Å². The van der Waals surface area contributed by atoms with E-state index in [1.165, 1.54) is 56.9 Å². The van der Waals surface area contributed by atoms with Crippen molar-refractivity contribution in [2.75, 3.05) is 6.61 Å². The molecule has 3 heteroatoms. The first-order valence-corrected chi connectivity index (χ1v) is 11.7. The number of unbranched alkanes of at least 4 members (excludes halogenated alkanes) is 1. The van der Waals surface area contributed by atoms with Gasteiger partial charge in [0.05, 0.1) is 5.71 Å². The van der Waals surface area contributed by atoms with Crippen LogP contribution in [0.15, 0.2) is 16.8 Å². The summed E-state index contributed by atoms with van der Waals surface area (Å²) < 4.78 is 0. The fourth-order valence-electron chi connectivity index (χ4n) is 7.18. The van der Waals surface area contributed by atoms with Crippen molar-refractivity contribution in [1.82, 2.24) is 0 Å². The average Bonchev–Trinajstić information content (AvgIpc) is 2.72. The lowest BCUT2D eigenvalue weighted by Crippen LogP contribution is -2.50. The number of allylic oxidation sites excluding steroid dienone is 1. The van der Waals surface area contributed by atoms with Crippen LogP contribution in [0.3, 0.4) is 0 Å². The molecule has 0 spiro atoms. The first kappa shape index (κ1) is 20.9. The molecular formula is C24H41NO2. The lowest BCUT2D eigenvalue weighted by Gasteiger charge is -2.57. The maximum atomic E-state index is 10.2. The van der Waals surface area contributed by atoms with E-state index in [-0.39, 0.29) is 12.5 Å². The number of rotatable bonds is 7. The highest BCUT2D eigenvalue weighted by Crippen LogP contribution is 2.61. The van der Waals surface area contributed by atoms with E-state index in [2.05, 4.69) is 32.0 Å². The summed E-state index contributed by atoms with van der Waals surface area (Å²) in [6, 6.07) is 0. The smallest absolute Gasteiger partial charge is 0.0795 e. The average molecular weight is 376 g/mol. The van der Waals surface area contributed by atoms with Crippen molar-refractivity contribution < 1.29 is 10.3 Å². The Balaban J connectivity index is 1.92. The number of hydrogen-bond donors (Lipinski definition) is 2. The Kier molecular flexibility index (Phi) is 7.05. The van der Waals surface area contributed by atoms with Crippen LogP contribution in [0.1, 0.15) is 91.4 Å². The Bertz CT molecular complexity index is 555. The lowest BCUT2D eigenvalue weighted by atomic mass is 9.47. The molecule has 0 aromatic carbocycles. The summed E-state index contributed by atoms with van der Waals surface area (Å²) in [6.07, 6.45) is 16.0. The van der Waals surface area contributed by atoms with Crippen LogP contribution in [0.25, 0.3) is 0 Å². The summed E-state index contributed by atoms with van der Waals surface area (Å²) >= 11 is 0. The van der Waals surface area contributed by atoms with Crippen LogP contribution in [0, 0.1) is 35.0 Å². The molecule has 0 amide bonds. The minimum Gasteiger partial charge on any atom is -0.411 e. The van der Waals surface area contributed by atoms with Gasteiger partial charge < -0.3 is 10.3 Å². The lowest BCUT2D eigenvalue weighted by molar-refractivity contribution is -0.0574. The molecule has 0 heterocycles. The molecule has 6 atom stereocenters. The summed E-state index contributed by atoms with van der Waals surface area (Å²) in [5, 5.41) is 22.9. The number of hydrogen-bond acceptors (Lipinski definition) is 3. The third-order valence-corrected chi connectivity index (χ3v) is 8.53. The van der Waals surface area contributed by atoms with Crippen molar-refractivity contribution in [3.63, 3.8) is 0 Å². The quantitative estimate of drug-likeness (QED) is 0.411. The Labute approximate surface area is 166 Å². The van der Waals surface area contributed by atoms with Gasteiger partial charge in [0.15, 0.2) is 0 Å². The van der Waals surface area contributed by atoms with Crippen LogP contribution in [-0.2, 0) is 0 Å². The molecule has 2 fully saturated rings. The van der Waals surface area contributed by atoms with Crippen molar-refractivity contribution >= 4 is 5.71 Å². The molecule has 27 heavy (non-hydrogen) atoms. The van der Waals surface area contributed by atoms with Gasteiger partial charge in [-0.1, -0.05) is 57.2 Å². The van der Waals surface area contributed by atoms with E-state index in [4.69, 9.17) is 0 Å². The highest BCUT2D eigenvalue weighted by Gasteiger charge is 2.52. The first-order chi connectivity index (χ1) is 13.1. The zero-order valence-corrected chi connectivity index (χ0v) is 17.8. The van der Waals surface area contributed by atoms with Gasteiger partial charge in [0, 0.05) is 12.5 Å². The number of aliphatic hydroxyl groups is 1. The van der Waals surface area contributed by atoms with Crippen LogP contribution in [0.5, 0.6) is 0 Å². The minimum absolute atomic E-state index is 0.247. The second-order valence-electron chi connectivity index (χ2n) is 9.58. The van der Waals surface area contributed by atoms with Crippen molar-refractivity contribution in [1.29, 1.82) is 0 Å². The summed E-state index contributed by atoms with van der Waals surface area (Å²) in [7, 11) is 0.